The average Bonchev–Trinajstić information content (AvgIpc) is 2.83. The van der Waals surface area contributed by atoms with E-state index in [0.29, 0.717) is 6.54 Å². The lowest BCUT2D eigenvalue weighted by molar-refractivity contribution is -0.858. The van der Waals surface area contributed by atoms with Crippen molar-refractivity contribution in [2.45, 2.75) is 45.1 Å². The van der Waals surface area contributed by atoms with E-state index in [1.54, 1.807) is 0 Å². The predicted molar refractivity (Wildman–Crippen MR) is 139 cm³/mol. The molecule has 196 valence electrons. The monoisotopic (exact) mass is 511 g/mol. The third kappa shape index (κ3) is 12.6. The van der Waals surface area contributed by atoms with Crippen LogP contribution in [0, 0.1) is 0 Å². The molecule has 0 radical (unpaired) electrons. The Kier molecular flexibility index (Phi) is 14.6. The van der Waals surface area contributed by atoms with E-state index in [-0.39, 0.29) is 41.6 Å². The lowest BCUT2D eigenvalue weighted by Crippen LogP contribution is -3.05. The van der Waals surface area contributed by atoms with Gasteiger partial charge in [0.25, 0.3) is 5.91 Å². The van der Waals surface area contributed by atoms with E-state index in [2.05, 4.69) is 36.3 Å². The van der Waals surface area contributed by atoms with E-state index >= 15 is 0 Å². The number of nitrogens with two attached hydrogens (primary N) is 2. The number of rotatable bonds is 13. The summed E-state index contributed by atoms with van der Waals surface area (Å²) in [5, 5.41) is 20.5. The number of carbonyl (C=O) groups excluding carboxylic acids is 1. The maximum absolute atomic E-state index is 11.7. The standard InChI is InChI=1S/C14H23NO3.C10H16ClN5O/c1-15(2)9-3-4-12-5-7-14(8-6-12)18-11-13(17)10-16;1-2-3-4-5-14-10(17)6-8(12)16-9(13)7(11)15-6/h5-8,13,16-17H,3-4,9-11H2,1-2H3;2-5H2,1H3,(H,14,17)(H4,12,13,16)/p+1/t13-;/m0./s1. The van der Waals surface area contributed by atoms with Crippen LogP contribution in [0.15, 0.2) is 24.3 Å². The number of nitrogens with one attached hydrogen (secondary N) is 2. The fourth-order valence-corrected chi connectivity index (χ4v) is 3.04. The Bertz CT molecular complexity index is 883. The van der Waals surface area contributed by atoms with Gasteiger partial charge in [-0.05, 0) is 30.5 Å². The lowest BCUT2D eigenvalue weighted by Gasteiger charge is -2.10. The molecule has 0 bridgehead atoms. The highest BCUT2D eigenvalue weighted by Gasteiger charge is 2.15. The van der Waals surface area contributed by atoms with E-state index in [0.717, 1.165) is 31.4 Å². The SMILES string of the molecule is CCCCCNC(=O)c1nc(Cl)c(N)nc1N.C[NH+](C)CCCc1ccc(OC[C@@H](O)CO)cc1. The molecule has 11 heteroatoms. The van der Waals surface area contributed by atoms with Crippen LogP contribution in [-0.4, -0.2) is 72.6 Å². The minimum atomic E-state index is -0.812. The van der Waals surface area contributed by atoms with Crippen LogP contribution in [-0.2, 0) is 6.42 Å². The van der Waals surface area contributed by atoms with Crippen molar-refractivity contribution in [1.29, 1.82) is 0 Å². The number of aryl methyl sites for hydroxylation is 1. The number of hydrogen-bond acceptors (Lipinski definition) is 8. The Balaban J connectivity index is 0.000000351. The first kappa shape index (κ1) is 30.4. The Hall–Kier alpha value is -2.66. The zero-order chi connectivity index (χ0) is 26.2. The highest BCUT2D eigenvalue weighted by molar-refractivity contribution is 6.31. The van der Waals surface area contributed by atoms with Gasteiger partial charge in [-0.15, -0.1) is 0 Å². The summed E-state index contributed by atoms with van der Waals surface area (Å²) in [7, 11) is 4.31. The maximum Gasteiger partial charge on any atom is 0.273 e. The number of nitrogen functional groups attached to an aromatic ring is 2. The third-order valence-corrected chi connectivity index (χ3v) is 5.18. The number of nitrogens with zero attached hydrogens (tertiary/aromatic N) is 2. The second kappa shape index (κ2) is 16.9. The van der Waals surface area contributed by atoms with Crippen molar-refractivity contribution in [3.8, 4) is 5.75 Å². The van der Waals surface area contributed by atoms with Gasteiger partial charge < -0.3 is 36.6 Å². The minimum absolute atomic E-state index is 0.0140. The second-order valence-electron chi connectivity index (χ2n) is 8.45. The van der Waals surface area contributed by atoms with Crippen LogP contribution in [0.2, 0.25) is 5.15 Å². The molecular formula is C24H40ClN6O4+. The number of unbranched alkanes of at least 4 members (excludes halogenated alkanes) is 2. The molecule has 0 fully saturated rings. The molecule has 0 aliphatic carbocycles. The molecule has 1 aromatic heterocycles. The predicted octanol–water partition coefficient (Wildman–Crippen LogP) is 0.710. The largest absolute Gasteiger partial charge is 0.491 e. The number of anilines is 2. The van der Waals surface area contributed by atoms with Gasteiger partial charge in [-0.2, -0.15) is 0 Å². The topological polar surface area (TPSA) is 161 Å². The molecule has 0 saturated heterocycles. The molecule has 35 heavy (non-hydrogen) atoms. The zero-order valence-corrected chi connectivity index (χ0v) is 21.6. The Morgan fingerprint density at radius 2 is 1.83 bits per heavy atom. The van der Waals surface area contributed by atoms with Crippen molar-refractivity contribution in [2.75, 3.05) is 51.9 Å². The van der Waals surface area contributed by atoms with Gasteiger partial charge in [0.1, 0.15) is 18.5 Å². The molecule has 2 rings (SSSR count). The number of aliphatic hydroxyl groups is 2. The van der Waals surface area contributed by atoms with Crippen molar-refractivity contribution in [1.82, 2.24) is 15.3 Å². The van der Waals surface area contributed by atoms with Gasteiger partial charge in [0.05, 0.1) is 27.2 Å². The molecule has 1 amide bonds. The van der Waals surface area contributed by atoms with Gasteiger partial charge in [-0.1, -0.05) is 43.5 Å². The first-order valence-corrected chi connectivity index (χ1v) is 12.2. The fourth-order valence-electron chi connectivity index (χ4n) is 2.91. The van der Waals surface area contributed by atoms with Crippen LogP contribution < -0.4 is 26.4 Å². The quantitative estimate of drug-likeness (QED) is 0.214. The molecule has 0 aliphatic heterocycles. The molecular weight excluding hydrogens is 472 g/mol. The number of aliphatic hydroxyl groups excluding tert-OH is 2. The summed E-state index contributed by atoms with van der Waals surface area (Å²) >= 11 is 5.68. The molecule has 0 spiro atoms. The molecule has 8 N–H and O–H groups in total. The Morgan fingerprint density at radius 3 is 2.43 bits per heavy atom. The van der Waals surface area contributed by atoms with Crippen molar-refractivity contribution in [3.63, 3.8) is 0 Å². The number of halogens is 1. The summed E-state index contributed by atoms with van der Waals surface area (Å²) < 4.78 is 5.34. The summed E-state index contributed by atoms with van der Waals surface area (Å²) in [6.07, 6.45) is 4.50. The summed E-state index contributed by atoms with van der Waals surface area (Å²) in [5.74, 6) is 0.351. The smallest absolute Gasteiger partial charge is 0.273 e. The first-order valence-electron chi connectivity index (χ1n) is 11.8. The van der Waals surface area contributed by atoms with Gasteiger partial charge in [-0.3, -0.25) is 4.79 Å². The van der Waals surface area contributed by atoms with Gasteiger partial charge in [0.2, 0.25) is 0 Å². The molecule has 10 nitrogen and oxygen atoms in total. The third-order valence-electron chi connectivity index (χ3n) is 4.90. The number of hydrogen-bond donors (Lipinski definition) is 6. The van der Waals surface area contributed by atoms with Crippen LogP contribution in [0.4, 0.5) is 11.6 Å². The summed E-state index contributed by atoms with van der Waals surface area (Å²) in [4.78, 5) is 20.7. The number of ether oxygens (including phenoxy) is 1. The van der Waals surface area contributed by atoms with Crippen molar-refractivity contribution < 1.29 is 24.6 Å². The van der Waals surface area contributed by atoms with Crippen LogP contribution in [0.5, 0.6) is 5.75 Å². The number of carbonyl (C=O) groups is 1. The molecule has 0 unspecified atom stereocenters. The lowest BCUT2D eigenvalue weighted by atomic mass is 10.1. The molecule has 2 aromatic rings. The number of benzene rings is 1. The van der Waals surface area contributed by atoms with Crippen LogP contribution in [0.25, 0.3) is 0 Å². The van der Waals surface area contributed by atoms with Crippen molar-refractivity contribution >= 4 is 29.1 Å². The Morgan fingerprint density at radius 1 is 1.14 bits per heavy atom. The number of aromatic nitrogens is 2. The Labute approximate surface area is 212 Å². The fraction of sp³-hybridized carbons (Fsp3) is 0.542. The molecule has 0 aliphatic rings. The van der Waals surface area contributed by atoms with E-state index < -0.39 is 6.10 Å². The number of amides is 1. The van der Waals surface area contributed by atoms with Gasteiger partial charge in [-0.25, -0.2) is 9.97 Å². The van der Waals surface area contributed by atoms with Gasteiger partial charge >= 0.3 is 0 Å². The van der Waals surface area contributed by atoms with E-state index in [4.69, 9.17) is 38.0 Å². The first-order chi connectivity index (χ1) is 16.7. The van der Waals surface area contributed by atoms with Gasteiger partial charge in [0.15, 0.2) is 22.5 Å². The maximum atomic E-state index is 11.7. The van der Waals surface area contributed by atoms with Crippen LogP contribution in [0.3, 0.4) is 0 Å². The van der Waals surface area contributed by atoms with Crippen molar-refractivity contribution in [3.05, 3.63) is 40.7 Å². The minimum Gasteiger partial charge on any atom is -0.491 e. The zero-order valence-electron chi connectivity index (χ0n) is 20.9. The summed E-state index contributed by atoms with van der Waals surface area (Å²) in [6.45, 7) is 3.69. The van der Waals surface area contributed by atoms with E-state index in [9.17, 15) is 4.79 Å². The molecule has 1 heterocycles. The number of quaternary nitrogens is 1. The summed E-state index contributed by atoms with van der Waals surface area (Å²) in [5.41, 5.74) is 12.3. The van der Waals surface area contributed by atoms with Crippen molar-refractivity contribution in [2.24, 2.45) is 0 Å². The molecule has 0 saturated carbocycles. The van der Waals surface area contributed by atoms with Gasteiger partial charge in [0, 0.05) is 13.0 Å². The normalized spacial score (nSPS) is 11.5. The average molecular weight is 512 g/mol. The van der Waals surface area contributed by atoms with Crippen LogP contribution in [0.1, 0.15) is 48.7 Å². The highest BCUT2D eigenvalue weighted by Crippen LogP contribution is 2.17. The second-order valence-corrected chi connectivity index (χ2v) is 8.81. The van der Waals surface area contributed by atoms with Crippen LogP contribution >= 0.6 is 11.6 Å². The van der Waals surface area contributed by atoms with E-state index in [1.165, 1.54) is 23.4 Å². The molecule has 1 atom stereocenters. The molecule has 1 aromatic carbocycles. The highest BCUT2D eigenvalue weighted by atomic mass is 35.5. The van der Waals surface area contributed by atoms with E-state index in [1.807, 2.05) is 24.3 Å². The summed E-state index contributed by atoms with van der Waals surface area (Å²) in [6, 6.07) is 7.90.